The summed E-state index contributed by atoms with van der Waals surface area (Å²) in [6, 6.07) is 0. The van der Waals surface area contributed by atoms with Gasteiger partial charge in [-0.05, 0) is 0 Å². The highest BCUT2D eigenvalue weighted by molar-refractivity contribution is 8.11. The molecule has 1 heterocycles. The molecular weight excluding hydrogens is 180 g/mol. The lowest BCUT2D eigenvalue weighted by Crippen LogP contribution is -2.07. The quantitative estimate of drug-likeness (QED) is 0.273. The van der Waals surface area contributed by atoms with Crippen LogP contribution in [0.25, 0.3) is 0 Å². The molecule has 0 amide bonds. The van der Waals surface area contributed by atoms with Crippen LogP contribution in [0.4, 0.5) is 0 Å². The molecule has 0 unspecified atom stereocenters. The largest absolute Gasteiger partial charge is 0.344 e. The van der Waals surface area contributed by atoms with Gasteiger partial charge in [-0.1, -0.05) is 12.2 Å². The highest BCUT2D eigenvalue weighted by Gasteiger charge is 1.85. The number of nitrogens with one attached hydrogen (secondary N) is 2. The van der Waals surface area contributed by atoms with Crippen molar-refractivity contribution in [2.45, 2.75) is 0 Å². The number of imidazole rings is 1. The van der Waals surface area contributed by atoms with Gasteiger partial charge in [0, 0.05) is 12.4 Å². The van der Waals surface area contributed by atoms with Gasteiger partial charge in [0.2, 0.25) is 0 Å². The molecule has 0 fully saturated rings. The number of hydrogen-bond acceptors (Lipinski definition) is 3. The van der Waals surface area contributed by atoms with Crippen molar-refractivity contribution >= 4 is 35.4 Å². The van der Waals surface area contributed by atoms with Crippen LogP contribution in [0.1, 0.15) is 5.82 Å². The fraction of sp³-hybridized carbons (Fsp3) is 0. The molecule has 0 atom stereocenters. The van der Waals surface area contributed by atoms with Crippen LogP contribution in [-0.4, -0.2) is 20.5 Å². The first-order valence-electron chi connectivity index (χ1n) is 2.80. The van der Waals surface area contributed by atoms with E-state index in [0.29, 0.717) is 10.1 Å². The van der Waals surface area contributed by atoms with Crippen LogP contribution >= 0.6 is 24.8 Å². The Morgan fingerprint density at radius 3 is 3.27 bits per heavy atom. The summed E-state index contributed by atoms with van der Waals surface area (Å²) in [6.45, 7) is 0. The van der Waals surface area contributed by atoms with E-state index in [2.05, 4.69) is 45.3 Å². The lowest BCUT2D eigenvalue weighted by molar-refractivity contribution is 1.07. The Labute approximate surface area is 74.5 Å². The van der Waals surface area contributed by atoms with Gasteiger partial charge in [0.05, 0.1) is 6.21 Å². The third kappa shape index (κ3) is 3.15. The number of aromatic nitrogens is 2. The molecule has 0 aromatic carbocycles. The Balaban J connectivity index is 2.43. The molecule has 4 nitrogen and oxygen atoms in total. The smallest absolute Gasteiger partial charge is 0.150 e. The third-order valence-corrected chi connectivity index (χ3v) is 1.06. The average molecular weight is 186 g/mol. The zero-order chi connectivity index (χ0) is 8.10. The van der Waals surface area contributed by atoms with Crippen LogP contribution in [0, 0.1) is 0 Å². The second-order valence-corrected chi connectivity index (χ2v) is 2.81. The number of rotatable bonds is 2. The van der Waals surface area contributed by atoms with Crippen LogP contribution in [0.15, 0.2) is 17.5 Å². The first kappa shape index (κ1) is 8.22. The van der Waals surface area contributed by atoms with Crippen molar-refractivity contribution in [2.24, 2.45) is 5.10 Å². The molecule has 0 aliphatic carbocycles. The molecule has 1 aromatic heterocycles. The number of thiocarbonyl (C=S) groups is 1. The minimum Gasteiger partial charge on any atom is -0.344 e. The first-order valence-corrected chi connectivity index (χ1v) is 3.66. The summed E-state index contributed by atoms with van der Waals surface area (Å²) >= 11 is 8.40. The summed E-state index contributed by atoms with van der Waals surface area (Å²) < 4.78 is 0.327. The van der Waals surface area contributed by atoms with E-state index in [1.807, 2.05) is 0 Å². The number of nitrogens with zero attached hydrogens (tertiary/aromatic N) is 2. The number of hydrogen-bond donors (Lipinski definition) is 3. The van der Waals surface area contributed by atoms with Crippen molar-refractivity contribution in [2.75, 3.05) is 0 Å². The molecule has 6 heteroatoms. The van der Waals surface area contributed by atoms with Gasteiger partial charge in [0.25, 0.3) is 0 Å². The van der Waals surface area contributed by atoms with E-state index >= 15 is 0 Å². The topological polar surface area (TPSA) is 53.1 Å². The maximum Gasteiger partial charge on any atom is 0.150 e. The summed E-state index contributed by atoms with van der Waals surface area (Å²) in [6.07, 6.45) is 4.86. The summed E-state index contributed by atoms with van der Waals surface area (Å²) in [5.41, 5.74) is 2.49. The van der Waals surface area contributed by atoms with Crippen molar-refractivity contribution in [1.82, 2.24) is 15.4 Å². The number of H-pyrrole nitrogens is 1. The molecule has 0 spiro atoms. The maximum absolute atomic E-state index is 4.60. The van der Waals surface area contributed by atoms with Gasteiger partial charge in [0.15, 0.2) is 4.32 Å². The van der Waals surface area contributed by atoms with Crippen molar-refractivity contribution in [3.8, 4) is 0 Å². The first-order chi connectivity index (χ1) is 5.29. The van der Waals surface area contributed by atoms with E-state index in [0.717, 1.165) is 0 Å². The van der Waals surface area contributed by atoms with Crippen LogP contribution in [-0.2, 0) is 0 Å². The van der Waals surface area contributed by atoms with Gasteiger partial charge in [-0.25, -0.2) is 4.98 Å². The predicted octanol–water partition coefficient (Wildman–Crippen LogP) is 0.548. The molecule has 58 valence electrons. The highest BCUT2D eigenvalue weighted by Crippen LogP contribution is 1.82. The van der Waals surface area contributed by atoms with E-state index in [4.69, 9.17) is 0 Å². The highest BCUT2D eigenvalue weighted by atomic mass is 32.1. The summed E-state index contributed by atoms with van der Waals surface area (Å²) in [4.78, 5) is 6.74. The minimum atomic E-state index is 0.327. The van der Waals surface area contributed by atoms with E-state index < -0.39 is 0 Å². The molecular formula is C5H6N4S2. The fourth-order valence-electron chi connectivity index (χ4n) is 0.497. The summed E-state index contributed by atoms with van der Waals surface area (Å²) in [5, 5.41) is 3.73. The zero-order valence-electron chi connectivity index (χ0n) is 5.48. The van der Waals surface area contributed by atoms with Crippen molar-refractivity contribution in [1.29, 1.82) is 0 Å². The number of thiol groups is 1. The normalized spacial score (nSPS) is 10.3. The summed E-state index contributed by atoms with van der Waals surface area (Å²) in [7, 11) is 0. The Morgan fingerprint density at radius 2 is 2.73 bits per heavy atom. The molecule has 11 heavy (non-hydrogen) atoms. The van der Waals surface area contributed by atoms with E-state index in [1.54, 1.807) is 12.4 Å². The Kier molecular flexibility index (Phi) is 3.06. The molecule has 0 saturated heterocycles. The van der Waals surface area contributed by atoms with Crippen molar-refractivity contribution in [3.05, 3.63) is 18.2 Å². The van der Waals surface area contributed by atoms with Gasteiger partial charge < -0.3 is 4.98 Å². The van der Waals surface area contributed by atoms with Crippen LogP contribution < -0.4 is 5.43 Å². The Bertz CT molecular complexity index is 253. The zero-order valence-corrected chi connectivity index (χ0v) is 7.19. The third-order valence-electron chi connectivity index (χ3n) is 0.866. The molecule has 0 bridgehead atoms. The Morgan fingerprint density at radius 1 is 1.91 bits per heavy atom. The molecule has 1 rings (SSSR count). The molecule has 1 aromatic rings. The van der Waals surface area contributed by atoms with Gasteiger partial charge >= 0.3 is 0 Å². The van der Waals surface area contributed by atoms with Gasteiger partial charge in [-0.15, -0.1) is 12.6 Å². The Hall–Kier alpha value is -0.880. The molecule has 0 aliphatic rings. The minimum absolute atomic E-state index is 0.327. The monoisotopic (exact) mass is 186 g/mol. The van der Waals surface area contributed by atoms with E-state index in [1.165, 1.54) is 6.21 Å². The lowest BCUT2D eigenvalue weighted by atomic mass is 10.7. The molecule has 2 N–H and O–H groups in total. The van der Waals surface area contributed by atoms with Gasteiger partial charge in [-0.3, -0.25) is 5.43 Å². The molecule has 0 aliphatic heterocycles. The predicted molar refractivity (Wildman–Crippen MR) is 50.9 cm³/mol. The van der Waals surface area contributed by atoms with Crippen LogP contribution in [0.2, 0.25) is 0 Å². The lowest BCUT2D eigenvalue weighted by Gasteiger charge is -1.89. The SMILES string of the molecule is S=C(S)NN=Cc1ncc[nH]1. The standard InChI is InChI=1S/C5H6N4S2/c10-5(11)9-8-3-4-6-1-2-7-4/h1-3H,(H,6,7)(H2,9,10,11). The second kappa shape index (κ2) is 4.09. The van der Waals surface area contributed by atoms with Crippen LogP contribution in [0.5, 0.6) is 0 Å². The van der Waals surface area contributed by atoms with E-state index in [9.17, 15) is 0 Å². The molecule has 0 radical (unpaired) electrons. The average Bonchev–Trinajstić information content (AvgIpc) is 2.39. The fourth-order valence-corrected chi connectivity index (χ4v) is 0.607. The number of hydrazone groups is 1. The van der Waals surface area contributed by atoms with Crippen LogP contribution in [0.3, 0.4) is 0 Å². The van der Waals surface area contributed by atoms with E-state index in [-0.39, 0.29) is 0 Å². The second-order valence-electron chi connectivity index (χ2n) is 1.65. The number of aromatic amines is 1. The van der Waals surface area contributed by atoms with Crippen molar-refractivity contribution < 1.29 is 0 Å². The molecule has 0 saturated carbocycles. The van der Waals surface area contributed by atoms with Gasteiger partial charge in [-0.2, -0.15) is 5.10 Å². The van der Waals surface area contributed by atoms with Crippen molar-refractivity contribution in [3.63, 3.8) is 0 Å². The maximum atomic E-state index is 4.60. The van der Waals surface area contributed by atoms with Gasteiger partial charge in [0.1, 0.15) is 5.82 Å². The summed E-state index contributed by atoms with van der Waals surface area (Å²) in [5.74, 6) is 0.669.